The van der Waals surface area contributed by atoms with Crippen molar-refractivity contribution < 1.29 is 4.79 Å². The molecule has 0 bridgehead atoms. The largest absolute Gasteiger partial charge is 0.352 e. The van der Waals surface area contributed by atoms with Crippen molar-refractivity contribution >= 4 is 21.8 Å². The lowest BCUT2D eigenvalue weighted by Gasteiger charge is -2.34. The lowest BCUT2D eigenvalue weighted by Crippen LogP contribution is -2.47. The van der Waals surface area contributed by atoms with Gasteiger partial charge in [0.15, 0.2) is 0 Å². The summed E-state index contributed by atoms with van der Waals surface area (Å²) in [4.78, 5) is 12.3. The molecule has 1 fully saturated rings. The number of carbonyl (C=O) groups excluding carboxylic acids is 1. The van der Waals surface area contributed by atoms with Gasteiger partial charge in [0.05, 0.1) is 0 Å². The third-order valence-electron chi connectivity index (χ3n) is 3.79. The summed E-state index contributed by atoms with van der Waals surface area (Å²) in [6.45, 7) is 6.41. The van der Waals surface area contributed by atoms with Crippen molar-refractivity contribution in [2.45, 2.75) is 58.9 Å². The molecule has 1 N–H and O–H groups in total. The fraction of sp³-hybridized carbons (Fsp3) is 0.923. The zero-order valence-electron chi connectivity index (χ0n) is 10.7. The molecule has 1 aliphatic rings. The van der Waals surface area contributed by atoms with Crippen molar-refractivity contribution in [2.24, 2.45) is 11.3 Å². The van der Waals surface area contributed by atoms with E-state index in [1.807, 2.05) is 0 Å². The molecule has 0 saturated heterocycles. The molecule has 0 aliphatic heterocycles. The van der Waals surface area contributed by atoms with Gasteiger partial charge in [-0.25, -0.2) is 0 Å². The van der Waals surface area contributed by atoms with E-state index in [4.69, 9.17) is 0 Å². The molecule has 1 saturated carbocycles. The first-order valence-corrected chi connectivity index (χ1v) is 7.48. The summed E-state index contributed by atoms with van der Waals surface area (Å²) in [5, 5.41) is 4.03. The number of hydrogen-bond donors (Lipinski definition) is 1. The van der Waals surface area contributed by atoms with Gasteiger partial charge >= 0.3 is 0 Å². The van der Waals surface area contributed by atoms with Crippen LogP contribution in [0.5, 0.6) is 0 Å². The number of rotatable bonds is 4. The predicted octanol–water partition coefficient (Wildman–Crippen LogP) is 3.49. The predicted molar refractivity (Wildman–Crippen MR) is 71.8 cm³/mol. The molecule has 3 heteroatoms. The van der Waals surface area contributed by atoms with E-state index in [1.165, 1.54) is 19.3 Å². The molecule has 0 aromatic heterocycles. The zero-order chi connectivity index (χ0) is 12.2. The molecular weight excluding hydrogens is 266 g/mol. The summed E-state index contributed by atoms with van der Waals surface area (Å²) in [5.74, 6) is 0.737. The van der Waals surface area contributed by atoms with E-state index in [1.54, 1.807) is 0 Å². The number of halogens is 1. The van der Waals surface area contributed by atoms with Crippen LogP contribution in [0.25, 0.3) is 0 Å². The molecule has 16 heavy (non-hydrogen) atoms. The third-order valence-corrected chi connectivity index (χ3v) is 4.49. The number of amides is 1. The second kappa shape index (κ2) is 6.04. The molecule has 1 atom stereocenters. The topological polar surface area (TPSA) is 29.1 Å². The molecule has 1 rings (SSSR count). The minimum Gasteiger partial charge on any atom is -0.352 e. The zero-order valence-corrected chi connectivity index (χ0v) is 12.3. The molecule has 1 aliphatic carbocycles. The molecule has 0 heterocycles. The minimum absolute atomic E-state index is 0.117. The molecule has 94 valence electrons. The Balaban J connectivity index is 2.55. The summed E-state index contributed by atoms with van der Waals surface area (Å²) in [5.41, 5.74) is -0.117. The third kappa shape index (κ3) is 3.47. The van der Waals surface area contributed by atoms with Gasteiger partial charge in [0.2, 0.25) is 5.91 Å². The Morgan fingerprint density at radius 1 is 1.31 bits per heavy atom. The first-order chi connectivity index (χ1) is 7.49. The Bertz CT molecular complexity index is 234. The van der Waals surface area contributed by atoms with Gasteiger partial charge in [-0.3, -0.25) is 4.79 Å². The van der Waals surface area contributed by atoms with Crippen LogP contribution in [0.3, 0.4) is 0 Å². The van der Waals surface area contributed by atoms with Gasteiger partial charge in [0.25, 0.3) is 0 Å². The summed E-state index contributed by atoms with van der Waals surface area (Å²) in [7, 11) is 0. The van der Waals surface area contributed by atoms with Crippen molar-refractivity contribution in [1.82, 2.24) is 5.32 Å². The van der Waals surface area contributed by atoms with Crippen LogP contribution in [-0.2, 0) is 4.79 Å². The first kappa shape index (κ1) is 14.0. The smallest absolute Gasteiger partial charge is 0.226 e. The van der Waals surface area contributed by atoms with Gasteiger partial charge < -0.3 is 5.32 Å². The van der Waals surface area contributed by atoms with Gasteiger partial charge in [0.1, 0.15) is 0 Å². The maximum atomic E-state index is 12.3. The number of hydrogen-bond acceptors (Lipinski definition) is 1. The van der Waals surface area contributed by atoms with E-state index >= 15 is 0 Å². The average molecular weight is 290 g/mol. The molecule has 0 aromatic rings. The highest BCUT2D eigenvalue weighted by atomic mass is 79.9. The summed E-state index contributed by atoms with van der Waals surface area (Å²) in [6.07, 6.45) is 5.78. The van der Waals surface area contributed by atoms with Crippen LogP contribution >= 0.6 is 15.9 Å². The van der Waals surface area contributed by atoms with Crippen LogP contribution in [0.4, 0.5) is 0 Å². The van der Waals surface area contributed by atoms with Crippen LogP contribution in [0, 0.1) is 11.3 Å². The Labute approximate surface area is 108 Å². The highest BCUT2D eigenvalue weighted by Gasteiger charge is 2.35. The highest BCUT2D eigenvalue weighted by Crippen LogP contribution is 2.36. The standard InChI is InChI=1S/C13H24BrNO/c1-10(2)11(9-14)15-12(16)13(3)7-5-4-6-8-13/h10-11H,4-9H2,1-3H3,(H,15,16). The number of alkyl halides is 1. The fourth-order valence-electron chi connectivity index (χ4n) is 2.29. The van der Waals surface area contributed by atoms with E-state index < -0.39 is 0 Å². The summed E-state index contributed by atoms with van der Waals surface area (Å²) in [6, 6.07) is 0.256. The van der Waals surface area contributed by atoms with Crippen LogP contribution in [-0.4, -0.2) is 17.3 Å². The van der Waals surface area contributed by atoms with Gasteiger partial charge in [0, 0.05) is 16.8 Å². The molecule has 0 radical (unpaired) electrons. The Hall–Kier alpha value is -0.0500. The molecule has 2 nitrogen and oxygen atoms in total. The van der Waals surface area contributed by atoms with E-state index in [0.29, 0.717) is 5.92 Å². The van der Waals surface area contributed by atoms with Gasteiger partial charge in [-0.2, -0.15) is 0 Å². The van der Waals surface area contributed by atoms with Crippen molar-refractivity contribution in [2.75, 3.05) is 5.33 Å². The Morgan fingerprint density at radius 2 is 1.88 bits per heavy atom. The second-order valence-corrected chi connectivity index (χ2v) is 6.25. The minimum atomic E-state index is -0.117. The van der Waals surface area contributed by atoms with E-state index in [-0.39, 0.29) is 17.4 Å². The molecular formula is C13H24BrNO. The van der Waals surface area contributed by atoms with E-state index in [0.717, 1.165) is 18.2 Å². The van der Waals surface area contributed by atoms with Crippen molar-refractivity contribution in [3.05, 3.63) is 0 Å². The fourth-order valence-corrected chi connectivity index (χ4v) is 3.19. The summed E-state index contributed by atoms with van der Waals surface area (Å²) >= 11 is 3.47. The van der Waals surface area contributed by atoms with Gasteiger partial charge in [-0.1, -0.05) is 56.0 Å². The average Bonchev–Trinajstić information content (AvgIpc) is 2.26. The van der Waals surface area contributed by atoms with Crippen LogP contribution in [0.15, 0.2) is 0 Å². The van der Waals surface area contributed by atoms with Crippen LogP contribution in [0.1, 0.15) is 52.9 Å². The SMILES string of the molecule is CC(C)C(CBr)NC(=O)C1(C)CCCCC1. The second-order valence-electron chi connectivity index (χ2n) is 5.60. The monoisotopic (exact) mass is 289 g/mol. The van der Waals surface area contributed by atoms with Crippen LogP contribution in [0.2, 0.25) is 0 Å². The quantitative estimate of drug-likeness (QED) is 0.789. The van der Waals surface area contributed by atoms with Crippen LogP contribution < -0.4 is 5.32 Å². The van der Waals surface area contributed by atoms with E-state index in [2.05, 4.69) is 42.0 Å². The highest BCUT2D eigenvalue weighted by molar-refractivity contribution is 9.09. The molecule has 0 spiro atoms. The van der Waals surface area contributed by atoms with Crippen molar-refractivity contribution in [3.63, 3.8) is 0 Å². The van der Waals surface area contributed by atoms with E-state index in [9.17, 15) is 4.79 Å². The lowest BCUT2D eigenvalue weighted by molar-refractivity contribution is -0.132. The molecule has 0 aromatic carbocycles. The number of carbonyl (C=O) groups is 1. The Kier molecular flexibility index (Phi) is 5.29. The van der Waals surface area contributed by atoms with Gasteiger partial charge in [-0.05, 0) is 18.8 Å². The lowest BCUT2D eigenvalue weighted by atomic mass is 9.75. The molecule has 1 amide bonds. The molecule has 1 unspecified atom stereocenters. The Morgan fingerprint density at radius 3 is 2.31 bits per heavy atom. The summed E-state index contributed by atoms with van der Waals surface area (Å²) < 4.78 is 0. The van der Waals surface area contributed by atoms with Gasteiger partial charge in [-0.15, -0.1) is 0 Å². The maximum Gasteiger partial charge on any atom is 0.226 e. The normalized spacial score (nSPS) is 21.8. The van der Waals surface area contributed by atoms with Crippen molar-refractivity contribution in [1.29, 1.82) is 0 Å². The van der Waals surface area contributed by atoms with Crippen molar-refractivity contribution in [3.8, 4) is 0 Å². The first-order valence-electron chi connectivity index (χ1n) is 6.36. The maximum absolute atomic E-state index is 12.3. The number of nitrogens with one attached hydrogen (secondary N) is 1.